The molecule has 1 nitrogen and oxygen atoms in total. The van der Waals surface area contributed by atoms with Crippen molar-refractivity contribution >= 4 is 18.7 Å². The molecule has 2 aromatic rings. The van der Waals surface area contributed by atoms with Crippen LogP contribution in [-0.2, 0) is 4.43 Å². The first kappa shape index (κ1) is 20.5. The average Bonchev–Trinajstić information content (AvgIpc) is 2.59. The van der Waals surface area contributed by atoms with E-state index < -0.39 is 8.32 Å². The van der Waals surface area contributed by atoms with Crippen molar-refractivity contribution in [2.24, 2.45) is 5.41 Å². The Hall–Kier alpha value is -1.82. The third-order valence-electron chi connectivity index (χ3n) is 4.93. The van der Waals surface area contributed by atoms with E-state index in [-0.39, 0.29) is 10.5 Å². The normalized spacial score (nSPS) is 12.4. The summed E-state index contributed by atoms with van der Waals surface area (Å²) in [5.41, 5.74) is -0.0276. The Balaban J connectivity index is 2.48. The van der Waals surface area contributed by atoms with Crippen LogP contribution in [-0.4, -0.2) is 14.9 Å². The lowest BCUT2D eigenvalue weighted by molar-refractivity contribution is 0.252. The van der Waals surface area contributed by atoms with Gasteiger partial charge < -0.3 is 4.43 Å². The van der Waals surface area contributed by atoms with Gasteiger partial charge >= 0.3 is 0 Å². The molecular formula is C24H32OSi. The van der Waals surface area contributed by atoms with Gasteiger partial charge in [0.2, 0.25) is 0 Å². The highest BCUT2D eigenvalue weighted by Gasteiger charge is 2.50. The van der Waals surface area contributed by atoms with E-state index in [1.807, 2.05) is 6.92 Å². The van der Waals surface area contributed by atoms with Gasteiger partial charge in [-0.2, -0.15) is 0 Å². The summed E-state index contributed by atoms with van der Waals surface area (Å²) in [6.07, 6.45) is 0.929. The summed E-state index contributed by atoms with van der Waals surface area (Å²) in [5.74, 6) is 6.37. The highest BCUT2D eigenvalue weighted by molar-refractivity contribution is 6.99. The average molecular weight is 365 g/mol. The Labute approximate surface area is 160 Å². The Morgan fingerprint density at radius 2 is 1.27 bits per heavy atom. The molecule has 0 atom stereocenters. The SMILES string of the molecule is CC#CC(C)(C)CCO[Si](c1ccccc1)(c1ccccc1)C(C)(C)C. The molecule has 0 heterocycles. The lowest BCUT2D eigenvalue weighted by Crippen LogP contribution is -2.66. The molecule has 0 aliphatic rings. The van der Waals surface area contributed by atoms with Crippen LogP contribution in [0, 0.1) is 17.3 Å². The second-order valence-electron chi connectivity index (χ2n) is 8.52. The molecule has 0 N–H and O–H groups in total. The second kappa shape index (κ2) is 8.25. The number of benzene rings is 2. The first-order chi connectivity index (χ1) is 12.2. The van der Waals surface area contributed by atoms with Gasteiger partial charge in [-0.1, -0.05) is 87.4 Å². The van der Waals surface area contributed by atoms with E-state index in [0.717, 1.165) is 13.0 Å². The second-order valence-corrected chi connectivity index (χ2v) is 12.8. The molecule has 138 valence electrons. The highest BCUT2D eigenvalue weighted by Crippen LogP contribution is 2.37. The van der Waals surface area contributed by atoms with Crippen LogP contribution in [0.5, 0.6) is 0 Å². The number of rotatable bonds is 6. The highest BCUT2D eigenvalue weighted by atomic mass is 28.4. The zero-order valence-electron chi connectivity index (χ0n) is 17.1. The predicted octanol–water partition coefficient (Wildman–Crippen LogP) is 5.00. The predicted molar refractivity (Wildman–Crippen MR) is 115 cm³/mol. The van der Waals surface area contributed by atoms with Crippen LogP contribution in [0.1, 0.15) is 48.0 Å². The molecule has 2 heteroatoms. The molecule has 0 fully saturated rings. The summed E-state index contributed by atoms with van der Waals surface area (Å²) in [6.45, 7) is 14.0. The van der Waals surface area contributed by atoms with Gasteiger partial charge in [-0.3, -0.25) is 0 Å². The molecule has 2 rings (SSSR count). The zero-order chi connectivity index (χ0) is 19.3. The number of hydrogen-bond donors (Lipinski definition) is 0. The Morgan fingerprint density at radius 3 is 1.65 bits per heavy atom. The maximum absolute atomic E-state index is 6.92. The molecule has 0 bridgehead atoms. The quantitative estimate of drug-likeness (QED) is 0.517. The molecule has 0 amide bonds. The van der Waals surface area contributed by atoms with Gasteiger partial charge in [-0.15, -0.1) is 5.92 Å². The van der Waals surface area contributed by atoms with E-state index in [1.54, 1.807) is 0 Å². The fourth-order valence-electron chi connectivity index (χ4n) is 3.62. The minimum Gasteiger partial charge on any atom is -0.407 e. The molecule has 0 radical (unpaired) electrons. The van der Waals surface area contributed by atoms with Crippen LogP contribution in [0.25, 0.3) is 0 Å². The minimum atomic E-state index is -2.42. The van der Waals surface area contributed by atoms with E-state index in [4.69, 9.17) is 4.43 Å². The van der Waals surface area contributed by atoms with Crippen LogP contribution in [0.4, 0.5) is 0 Å². The van der Waals surface area contributed by atoms with E-state index in [2.05, 4.69) is 107 Å². The summed E-state index contributed by atoms with van der Waals surface area (Å²) in [6, 6.07) is 21.6. The van der Waals surface area contributed by atoms with E-state index in [1.165, 1.54) is 10.4 Å². The first-order valence-corrected chi connectivity index (χ1v) is 11.3. The largest absolute Gasteiger partial charge is 0.407 e. The van der Waals surface area contributed by atoms with Crippen molar-refractivity contribution in [1.82, 2.24) is 0 Å². The number of hydrogen-bond acceptors (Lipinski definition) is 1. The van der Waals surface area contributed by atoms with Crippen LogP contribution in [0.2, 0.25) is 5.04 Å². The van der Waals surface area contributed by atoms with E-state index in [9.17, 15) is 0 Å². The molecule has 0 aromatic heterocycles. The van der Waals surface area contributed by atoms with Gasteiger partial charge in [-0.25, -0.2) is 0 Å². The third-order valence-corrected chi connectivity index (χ3v) is 9.97. The molecular weight excluding hydrogens is 332 g/mol. The zero-order valence-corrected chi connectivity index (χ0v) is 18.1. The van der Waals surface area contributed by atoms with Crippen LogP contribution in [0.3, 0.4) is 0 Å². The molecule has 0 aliphatic heterocycles. The standard InChI is InChI=1S/C24H32OSi/c1-7-18-24(5,6)19-20-25-26(23(2,3)4,21-14-10-8-11-15-21)22-16-12-9-13-17-22/h8-17H,19-20H2,1-6H3. The molecule has 0 aliphatic carbocycles. The molecule has 0 unspecified atom stereocenters. The van der Waals surface area contributed by atoms with Crippen molar-refractivity contribution in [3.63, 3.8) is 0 Å². The van der Waals surface area contributed by atoms with Crippen molar-refractivity contribution in [3.8, 4) is 11.8 Å². The molecule has 0 saturated carbocycles. The topological polar surface area (TPSA) is 9.23 Å². The van der Waals surface area contributed by atoms with Crippen molar-refractivity contribution in [2.75, 3.05) is 6.61 Å². The summed E-state index contributed by atoms with van der Waals surface area (Å²) < 4.78 is 6.92. The Morgan fingerprint density at radius 1 is 0.808 bits per heavy atom. The lowest BCUT2D eigenvalue weighted by Gasteiger charge is -2.43. The molecule has 26 heavy (non-hydrogen) atoms. The maximum atomic E-state index is 6.92. The summed E-state index contributed by atoms with van der Waals surface area (Å²) >= 11 is 0. The lowest BCUT2D eigenvalue weighted by atomic mass is 9.91. The fraction of sp³-hybridized carbons (Fsp3) is 0.417. The molecule has 2 aromatic carbocycles. The smallest absolute Gasteiger partial charge is 0.261 e. The van der Waals surface area contributed by atoms with Crippen molar-refractivity contribution in [3.05, 3.63) is 60.7 Å². The van der Waals surface area contributed by atoms with Crippen molar-refractivity contribution in [1.29, 1.82) is 0 Å². The van der Waals surface area contributed by atoms with E-state index in [0.29, 0.717) is 0 Å². The fourth-order valence-corrected chi connectivity index (χ4v) is 8.19. The summed E-state index contributed by atoms with van der Waals surface area (Å²) in [5, 5.41) is 2.69. The van der Waals surface area contributed by atoms with Gasteiger partial charge in [-0.05, 0) is 42.6 Å². The third kappa shape index (κ3) is 4.47. The Bertz CT molecular complexity index is 706. The van der Waals surface area contributed by atoms with Crippen LogP contribution in [0.15, 0.2) is 60.7 Å². The van der Waals surface area contributed by atoms with Gasteiger partial charge in [0.1, 0.15) is 0 Å². The summed E-state index contributed by atoms with van der Waals surface area (Å²) in [4.78, 5) is 0. The van der Waals surface area contributed by atoms with Gasteiger partial charge in [0.05, 0.1) is 0 Å². The van der Waals surface area contributed by atoms with E-state index >= 15 is 0 Å². The minimum absolute atomic E-state index is 0.0241. The van der Waals surface area contributed by atoms with Crippen LogP contribution < -0.4 is 10.4 Å². The van der Waals surface area contributed by atoms with Gasteiger partial charge in [0.25, 0.3) is 8.32 Å². The van der Waals surface area contributed by atoms with Gasteiger partial charge in [0.15, 0.2) is 0 Å². The molecule has 0 saturated heterocycles. The van der Waals surface area contributed by atoms with Crippen molar-refractivity contribution < 1.29 is 4.43 Å². The Kier molecular flexibility index (Phi) is 6.50. The summed E-state index contributed by atoms with van der Waals surface area (Å²) in [7, 11) is -2.42. The van der Waals surface area contributed by atoms with Crippen molar-refractivity contribution in [2.45, 2.75) is 53.0 Å². The monoisotopic (exact) mass is 364 g/mol. The van der Waals surface area contributed by atoms with Gasteiger partial charge in [0, 0.05) is 12.0 Å². The molecule has 0 spiro atoms. The van der Waals surface area contributed by atoms with Crippen LogP contribution >= 0.6 is 0 Å². The first-order valence-electron chi connectivity index (χ1n) is 9.42. The maximum Gasteiger partial charge on any atom is 0.261 e.